The smallest absolute Gasteiger partial charge is 0.251 e. The summed E-state index contributed by atoms with van der Waals surface area (Å²) in [5.74, 6) is -1.23. The summed E-state index contributed by atoms with van der Waals surface area (Å²) in [5.41, 5.74) is 1.06. The number of nitrogens with one attached hydrogen (secondary N) is 1. The van der Waals surface area contributed by atoms with E-state index in [-0.39, 0.29) is 24.7 Å². The maximum atomic E-state index is 13.8. The minimum atomic E-state index is -0.716. The summed E-state index contributed by atoms with van der Waals surface area (Å²) < 4.78 is 33.8. The molecule has 0 aliphatic rings. The van der Waals surface area contributed by atoms with Gasteiger partial charge in [0, 0.05) is 24.4 Å². The van der Waals surface area contributed by atoms with E-state index in [1.165, 1.54) is 10.7 Å². The molecule has 146 valence electrons. The Morgan fingerprint density at radius 1 is 1.25 bits per heavy atom. The molecule has 1 aromatic heterocycles. The number of aromatic nitrogens is 2. The van der Waals surface area contributed by atoms with Gasteiger partial charge < -0.3 is 15.2 Å². The molecule has 0 spiro atoms. The number of hydrogen-bond acceptors (Lipinski definition) is 4. The molecule has 0 fully saturated rings. The van der Waals surface area contributed by atoms with Crippen molar-refractivity contribution in [2.45, 2.75) is 19.6 Å². The Morgan fingerprint density at radius 2 is 2.07 bits per heavy atom. The quantitative estimate of drug-likeness (QED) is 0.654. The van der Waals surface area contributed by atoms with E-state index in [1.54, 1.807) is 43.5 Å². The summed E-state index contributed by atoms with van der Waals surface area (Å²) in [6.45, 7) is 1.84. The van der Waals surface area contributed by atoms with Gasteiger partial charge in [-0.2, -0.15) is 5.10 Å². The molecule has 1 heterocycles. The number of hydrogen-bond donors (Lipinski definition) is 2. The van der Waals surface area contributed by atoms with Crippen LogP contribution in [0, 0.1) is 11.6 Å². The van der Waals surface area contributed by atoms with Gasteiger partial charge in [-0.05, 0) is 43.3 Å². The van der Waals surface area contributed by atoms with Gasteiger partial charge in [0.05, 0.1) is 6.10 Å². The molecule has 0 radical (unpaired) electrons. The Kier molecular flexibility index (Phi) is 6.00. The second-order valence-corrected chi connectivity index (χ2v) is 6.22. The highest BCUT2D eigenvalue weighted by Gasteiger charge is 2.10. The fourth-order valence-corrected chi connectivity index (χ4v) is 2.47. The Balaban J connectivity index is 1.64. The number of amides is 1. The molecule has 0 bridgehead atoms. The molecule has 0 saturated carbocycles. The average Bonchev–Trinajstić information content (AvgIpc) is 3.13. The molecule has 0 saturated heterocycles. The van der Waals surface area contributed by atoms with Crippen molar-refractivity contribution in [3.05, 3.63) is 77.6 Å². The van der Waals surface area contributed by atoms with E-state index in [4.69, 9.17) is 4.74 Å². The van der Waals surface area contributed by atoms with Gasteiger partial charge in [-0.3, -0.25) is 4.79 Å². The lowest BCUT2D eigenvalue weighted by Gasteiger charge is -2.09. The zero-order chi connectivity index (χ0) is 20.1. The number of nitrogens with zero attached hydrogens (tertiary/aromatic N) is 2. The predicted molar refractivity (Wildman–Crippen MR) is 98.3 cm³/mol. The maximum absolute atomic E-state index is 13.8. The summed E-state index contributed by atoms with van der Waals surface area (Å²) in [7, 11) is 0. The fourth-order valence-electron chi connectivity index (χ4n) is 2.47. The van der Waals surface area contributed by atoms with E-state index in [9.17, 15) is 18.7 Å². The minimum absolute atomic E-state index is 0.106. The lowest BCUT2D eigenvalue weighted by atomic mass is 10.2. The number of benzene rings is 2. The largest absolute Gasteiger partial charge is 0.487 e. The average molecular weight is 387 g/mol. The van der Waals surface area contributed by atoms with Crippen molar-refractivity contribution in [3.63, 3.8) is 0 Å². The van der Waals surface area contributed by atoms with Gasteiger partial charge in [0.25, 0.3) is 5.91 Å². The van der Waals surface area contributed by atoms with Gasteiger partial charge in [0.15, 0.2) is 5.82 Å². The predicted octanol–water partition coefficient (Wildman–Crippen LogP) is 2.84. The van der Waals surface area contributed by atoms with Crippen molar-refractivity contribution >= 4 is 5.91 Å². The number of rotatable bonds is 7. The van der Waals surface area contributed by atoms with Crippen LogP contribution in [0.1, 0.15) is 23.0 Å². The van der Waals surface area contributed by atoms with Crippen molar-refractivity contribution in [3.8, 4) is 11.4 Å². The first-order valence-electron chi connectivity index (χ1n) is 8.61. The topological polar surface area (TPSA) is 76.4 Å². The van der Waals surface area contributed by atoms with Gasteiger partial charge in [-0.25, -0.2) is 13.5 Å². The van der Waals surface area contributed by atoms with Crippen LogP contribution < -0.4 is 10.1 Å². The van der Waals surface area contributed by atoms with Crippen molar-refractivity contribution < 1.29 is 23.4 Å². The number of aliphatic hydroxyl groups is 1. The molecule has 0 aliphatic heterocycles. The monoisotopic (exact) mass is 387 g/mol. The Labute approximate surface area is 160 Å². The van der Waals surface area contributed by atoms with E-state index in [0.29, 0.717) is 17.0 Å². The molecule has 3 rings (SSSR count). The molecule has 8 heteroatoms. The summed E-state index contributed by atoms with van der Waals surface area (Å²) in [5, 5.41) is 16.1. The van der Waals surface area contributed by atoms with Crippen LogP contribution in [0.4, 0.5) is 8.78 Å². The first-order chi connectivity index (χ1) is 13.4. The van der Waals surface area contributed by atoms with Gasteiger partial charge in [0.2, 0.25) is 0 Å². The molecule has 0 unspecified atom stereocenters. The summed E-state index contributed by atoms with van der Waals surface area (Å²) in [6, 6.07) is 11.5. The third-order valence-electron chi connectivity index (χ3n) is 3.84. The fraction of sp³-hybridized carbons (Fsp3) is 0.200. The van der Waals surface area contributed by atoms with Crippen molar-refractivity contribution in [2.75, 3.05) is 6.54 Å². The minimum Gasteiger partial charge on any atom is -0.487 e. The Hall–Kier alpha value is -3.26. The molecule has 28 heavy (non-hydrogen) atoms. The third kappa shape index (κ3) is 4.92. The number of carbonyl (C=O) groups is 1. The normalized spacial score (nSPS) is 11.9. The van der Waals surface area contributed by atoms with Crippen LogP contribution in [0.15, 0.2) is 54.7 Å². The number of ether oxygens (including phenoxy) is 1. The molecule has 2 N–H and O–H groups in total. The first kappa shape index (κ1) is 19.5. The van der Waals surface area contributed by atoms with Crippen molar-refractivity contribution in [1.29, 1.82) is 0 Å². The lowest BCUT2D eigenvalue weighted by Crippen LogP contribution is -2.30. The maximum Gasteiger partial charge on any atom is 0.251 e. The van der Waals surface area contributed by atoms with Crippen molar-refractivity contribution in [2.24, 2.45) is 0 Å². The SMILES string of the molecule is C[C@H](O)CNC(=O)c1cccc(OCc2ccn(-c3ccc(F)cc3F)n2)c1. The van der Waals surface area contributed by atoms with Gasteiger partial charge in [-0.15, -0.1) is 0 Å². The first-order valence-corrected chi connectivity index (χ1v) is 8.61. The number of carbonyl (C=O) groups excluding carboxylic acids is 1. The van der Waals surface area contributed by atoms with E-state index in [0.717, 1.165) is 12.1 Å². The Bertz CT molecular complexity index is 973. The van der Waals surface area contributed by atoms with Crippen molar-refractivity contribution in [1.82, 2.24) is 15.1 Å². The van der Waals surface area contributed by atoms with Crippen LogP contribution in [0.2, 0.25) is 0 Å². The van der Waals surface area contributed by atoms with Crippen LogP contribution in [-0.4, -0.2) is 33.4 Å². The second-order valence-electron chi connectivity index (χ2n) is 6.22. The molecule has 3 aromatic rings. The van der Waals surface area contributed by atoms with E-state index in [1.807, 2.05) is 0 Å². The highest BCUT2D eigenvalue weighted by atomic mass is 19.1. The van der Waals surface area contributed by atoms with Gasteiger partial charge in [0.1, 0.15) is 29.6 Å². The highest BCUT2D eigenvalue weighted by Crippen LogP contribution is 2.17. The van der Waals surface area contributed by atoms with Crippen LogP contribution in [0.25, 0.3) is 5.69 Å². The molecular formula is C20H19F2N3O3. The van der Waals surface area contributed by atoms with Crippen LogP contribution in [-0.2, 0) is 6.61 Å². The molecule has 1 amide bonds. The molecule has 2 aromatic carbocycles. The third-order valence-corrected chi connectivity index (χ3v) is 3.84. The molecule has 1 atom stereocenters. The van der Waals surface area contributed by atoms with Gasteiger partial charge >= 0.3 is 0 Å². The van der Waals surface area contributed by atoms with E-state index >= 15 is 0 Å². The standard InChI is InChI=1S/C20H19F2N3O3/c1-13(26)11-23-20(27)14-3-2-4-17(9-14)28-12-16-7-8-25(24-16)19-6-5-15(21)10-18(19)22/h2-10,13,26H,11-12H2,1H3,(H,23,27)/t13-/m0/s1. The summed E-state index contributed by atoms with van der Waals surface area (Å²) in [6.07, 6.45) is 0.916. The zero-order valence-corrected chi connectivity index (χ0v) is 15.1. The van der Waals surface area contributed by atoms with Crippen LogP contribution in [0.5, 0.6) is 5.75 Å². The second kappa shape index (κ2) is 8.62. The summed E-state index contributed by atoms with van der Waals surface area (Å²) >= 11 is 0. The van der Waals surface area contributed by atoms with E-state index in [2.05, 4.69) is 10.4 Å². The zero-order valence-electron chi connectivity index (χ0n) is 15.1. The number of halogens is 2. The molecule has 6 nitrogen and oxygen atoms in total. The molecular weight excluding hydrogens is 368 g/mol. The summed E-state index contributed by atoms with van der Waals surface area (Å²) in [4.78, 5) is 12.0. The lowest BCUT2D eigenvalue weighted by molar-refractivity contribution is 0.0923. The number of aliphatic hydroxyl groups excluding tert-OH is 1. The van der Waals surface area contributed by atoms with Gasteiger partial charge in [-0.1, -0.05) is 6.07 Å². The Morgan fingerprint density at radius 3 is 2.82 bits per heavy atom. The van der Waals surface area contributed by atoms with Crippen LogP contribution >= 0.6 is 0 Å². The van der Waals surface area contributed by atoms with E-state index < -0.39 is 17.7 Å². The highest BCUT2D eigenvalue weighted by molar-refractivity contribution is 5.94. The molecule has 0 aliphatic carbocycles. The van der Waals surface area contributed by atoms with Crippen LogP contribution in [0.3, 0.4) is 0 Å².